The molecule has 0 saturated carbocycles. The van der Waals surface area contributed by atoms with Crippen LogP contribution in [0.4, 0.5) is 0 Å². The smallest absolute Gasteiger partial charge is 0.297 e. The van der Waals surface area contributed by atoms with Crippen LogP contribution in [0.25, 0.3) is 0 Å². The molecule has 0 aromatic heterocycles. The lowest BCUT2D eigenvalue weighted by molar-refractivity contribution is 0.0506. The summed E-state index contributed by atoms with van der Waals surface area (Å²) < 4.78 is 39.3. The topological polar surface area (TPSA) is 82.1 Å². The molecule has 0 spiro atoms. The van der Waals surface area contributed by atoms with Crippen molar-refractivity contribution in [1.82, 2.24) is 0 Å². The van der Waals surface area contributed by atoms with Gasteiger partial charge < -0.3 is 14.6 Å². The minimum atomic E-state index is -3.92. The van der Waals surface area contributed by atoms with Crippen molar-refractivity contribution in [2.45, 2.75) is 17.9 Å². The highest BCUT2D eigenvalue weighted by atomic mass is 32.2. The summed E-state index contributed by atoms with van der Waals surface area (Å²) in [6.07, 6.45) is -1.10. The Morgan fingerprint density at radius 2 is 1.83 bits per heavy atom. The average molecular weight is 352 g/mol. The van der Waals surface area contributed by atoms with Crippen LogP contribution in [0, 0.1) is 6.92 Å². The highest BCUT2D eigenvalue weighted by molar-refractivity contribution is 7.86. The Bertz CT molecular complexity index is 755. The van der Waals surface area contributed by atoms with E-state index in [1.165, 1.54) is 19.2 Å². The van der Waals surface area contributed by atoms with Crippen LogP contribution in [-0.2, 0) is 19.0 Å². The molecular formula is C17H20O6S. The van der Waals surface area contributed by atoms with E-state index in [0.29, 0.717) is 11.3 Å². The molecule has 0 heterocycles. The van der Waals surface area contributed by atoms with E-state index in [0.717, 1.165) is 5.56 Å². The minimum Gasteiger partial charge on any atom is -0.468 e. The summed E-state index contributed by atoms with van der Waals surface area (Å²) in [7, 11) is -2.41. The number of methoxy groups -OCH3 is 1. The first-order valence-electron chi connectivity index (χ1n) is 7.28. The molecule has 0 fully saturated rings. The Hall–Kier alpha value is -1.93. The van der Waals surface area contributed by atoms with E-state index in [1.807, 2.05) is 6.92 Å². The fourth-order valence-corrected chi connectivity index (χ4v) is 2.88. The molecule has 0 aliphatic carbocycles. The number of hydrogen-bond donors (Lipinski definition) is 1. The van der Waals surface area contributed by atoms with Crippen molar-refractivity contribution in [1.29, 1.82) is 0 Å². The maximum absolute atomic E-state index is 12.1. The highest BCUT2D eigenvalue weighted by Crippen LogP contribution is 2.21. The highest BCUT2D eigenvalue weighted by Gasteiger charge is 2.18. The molecule has 2 rings (SSSR count). The molecule has 0 amide bonds. The van der Waals surface area contributed by atoms with Gasteiger partial charge in [-0.25, -0.2) is 0 Å². The first-order chi connectivity index (χ1) is 11.4. The molecule has 0 unspecified atom stereocenters. The summed E-state index contributed by atoms with van der Waals surface area (Å²) in [6, 6.07) is 13.0. The molecule has 6 nitrogen and oxygen atoms in total. The Morgan fingerprint density at radius 1 is 1.12 bits per heavy atom. The molecule has 0 bridgehead atoms. The van der Waals surface area contributed by atoms with Gasteiger partial charge in [-0.05, 0) is 36.8 Å². The quantitative estimate of drug-likeness (QED) is 0.580. The molecule has 0 radical (unpaired) electrons. The van der Waals surface area contributed by atoms with Crippen LogP contribution >= 0.6 is 0 Å². The first-order valence-corrected chi connectivity index (χ1v) is 8.69. The molecule has 2 aromatic carbocycles. The summed E-state index contributed by atoms with van der Waals surface area (Å²) in [5, 5.41) is 10.1. The number of ether oxygens (including phenoxy) is 2. The van der Waals surface area contributed by atoms with Crippen molar-refractivity contribution in [2.75, 3.05) is 20.5 Å². The largest absolute Gasteiger partial charge is 0.468 e. The fraction of sp³-hybridized carbons (Fsp3) is 0.294. The van der Waals surface area contributed by atoms with Crippen LogP contribution in [0.2, 0.25) is 0 Å². The molecule has 0 saturated heterocycles. The fourth-order valence-electron chi connectivity index (χ4n) is 1.96. The minimum absolute atomic E-state index is 0.0532. The summed E-state index contributed by atoms with van der Waals surface area (Å²) in [5.41, 5.74) is 1.43. The van der Waals surface area contributed by atoms with Gasteiger partial charge in [0.1, 0.15) is 11.9 Å². The van der Waals surface area contributed by atoms with Crippen molar-refractivity contribution in [3.05, 3.63) is 59.7 Å². The number of benzene rings is 2. The van der Waals surface area contributed by atoms with Crippen LogP contribution in [0.3, 0.4) is 0 Å². The summed E-state index contributed by atoms with van der Waals surface area (Å²) in [5.74, 6) is 0.509. The molecule has 2 aromatic rings. The van der Waals surface area contributed by atoms with E-state index >= 15 is 0 Å². The van der Waals surface area contributed by atoms with Gasteiger partial charge in [-0.1, -0.05) is 29.8 Å². The van der Waals surface area contributed by atoms with Crippen molar-refractivity contribution in [3.8, 4) is 5.75 Å². The molecule has 1 atom stereocenters. The van der Waals surface area contributed by atoms with Crippen molar-refractivity contribution < 1.29 is 27.2 Å². The predicted octanol–water partition coefficient (Wildman–Crippen LogP) is 2.42. The molecule has 0 aliphatic rings. The van der Waals surface area contributed by atoms with Gasteiger partial charge in [0.05, 0.1) is 11.5 Å². The van der Waals surface area contributed by atoms with Crippen molar-refractivity contribution >= 4 is 10.1 Å². The molecule has 24 heavy (non-hydrogen) atoms. The van der Waals surface area contributed by atoms with Crippen LogP contribution < -0.4 is 4.74 Å². The van der Waals surface area contributed by atoms with E-state index in [9.17, 15) is 13.5 Å². The Balaban J connectivity index is 2.01. The molecular weight excluding hydrogens is 332 g/mol. The average Bonchev–Trinajstić information content (AvgIpc) is 2.58. The van der Waals surface area contributed by atoms with Gasteiger partial charge >= 0.3 is 0 Å². The number of aliphatic hydroxyl groups is 1. The van der Waals surface area contributed by atoms with Gasteiger partial charge in [-0.2, -0.15) is 8.42 Å². The first kappa shape index (κ1) is 18.4. The van der Waals surface area contributed by atoms with Gasteiger partial charge in [0.15, 0.2) is 6.79 Å². The summed E-state index contributed by atoms with van der Waals surface area (Å²) in [6.45, 7) is 1.56. The lowest BCUT2D eigenvalue weighted by atomic mass is 10.1. The van der Waals surface area contributed by atoms with Crippen molar-refractivity contribution in [3.63, 3.8) is 0 Å². The lowest BCUT2D eigenvalue weighted by Crippen LogP contribution is -2.13. The van der Waals surface area contributed by atoms with E-state index in [-0.39, 0.29) is 18.3 Å². The van der Waals surface area contributed by atoms with Crippen LogP contribution in [0.15, 0.2) is 53.4 Å². The summed E-state index contributed by atoms with van der Waals surface area (Å²) >= 11 is 0. The summed E-state index contributed by atoms with van der Waals surface area (Å²) in [4.78, 5) is 0.0532. The maximum atomic E-state index is 12.1. The van der Waals surface area contributed by atoms with Crippen LogP contribution in [0.1, 0.15) is 17.2 Å². The zero-order valence-electron chi connectivity index (χ0n) is 13.5. The number of hydrogen-bond acceptors (Lipinski definition) is 6. The second-order valence-electron chi connectivity index (χ2n) is 5.19. The zero-order valence-corrected chi connectivity index (χ0v) is 14.3. The lowest BCUT2D eigenvalue weighted by Gasteiger charge is -2.13. The van der Waals surface area contributed by atoms with Gasteiger partial charge in [0.25, 0.3) is 10.1 Å². The van der Waals surface area contributed by atoms with Crippen LogP contribution in [0.5, 0.6) is 5.75 Å². The van der Waals surface area contributed by atoms with Crippen molar-refractivity contribution in [2.24, 2.45) is 0 Å². The third-order valence-electron chi connectivity index (χ3n) is 3.28. The third-order valence-corrected chi connectivity index (χ3v) is 4.57. The van der Waals surface area contributed by atoms with E-state index in [4.69, 9.17) is 13.7 Å². The molecule has 130 valence electrons. The Kier molecular flexibility index (Phi) is 6.33. The molecule has 0 aliphatic heterocycles. The SMILES string of the molecule is COCOc1cccc([C@H](O)COS(=O)(=O)c2ccc(C)cc2)c1. The Labute approximate surface area is 141 Å². The number of aliphatic hydroxyl groups excluding tert-OH is 1. The van der Waals surface area contributed by atoms with Gasteiger partial charge in [0.2, 0.25) is 0 Å². The van der Waals surface area contributed by atoms with E-state index in [1.54, 1.807) is 36.4 Å². The van der Waals surface area contributed by atoms with Gasteiger partial charge in [0, 0.05) is 7.11 Å². The van der Waals surface area contributed by atoms with Crippen LogP contribution in [-0.4, -0.2) is 34.0 Å². The molecule has 1 N–H and O–H groups in total. The predicted molar refractivity (Wildman–Crippen MR) is 88.2 cm³/mol. The molecule has 7 heteroatoms. The van der Waals surface area contributed by atoms with Gasteiger partial charge in [-0.15, -0.1) is 0 Å². The standard InChI is InChI=1S/C17H20O6S/c1-13-6-8-16(9-7-13)24(19,20)23-11-17(18)14-4-3-5-15(10-14)22-12-21-2/h3-10,17-18H,11-12H2,1-2H3/t17-/m1/s1. The number of aryl methyl sites for hydroxylation is 1. The third kappa shape index (κ3) is 5.04. The number of rotatable bonds is 8. The second-order valence-corrected chi connectivity index (χ2v) is 6.81. The monoisotopic (exact) mass is 352 g/mol. The van der Waals surface area contributed by atoms with E-state index < -0.39 is 16.2 Å². The normalized spacial score (nSPS) is 12.8. The van der Waals surface area contributed by atoms with Gasteiger partial charge in [-0.3, -0.25) is 4.18 Å². The van der Waals surface area contributed by atoms with E-state index in [2.05, 4.69) is 0 Å². The Morgan fingerprint density at radius 3 is 2.50 bits per heavy atom. The second kappa shape index (κ2) is 8.25. The zero-order chi connectivity index (χ0) is 17.6. The maximum Gasteiger partial charge on any atom is 0.297 e.